The van der Waals surface area contributed by atoms with Gasteiger partial charge in [-0.15, -0.1) is 0 Å². The van der Waals surface area contributed by atoms with Gasteiger partial charge in [0.1, 0.15) is 6.17 Å². The molecule has 0 saturated carbocycles. The van der Waals surface area contributed by atoms with Gasteiger partial charge in [0.15, 0.2) is 0 Å². The van der Waals surface area contributed by atoms with Crippen molar-refractivity contribution in [3.63, 3.8) is 0 Å². The Morgan fingerprint density at radius 2 is 1.61 bits per heavy atom. The second kappa shape index (κ2) is 5.50. The van der Waals surface area contributed by atoms with Gasteiger partial charge in [-0.1, -0.05) is 11.6 Å². The standard InChI is InChI=1S/C11H16F6O/c1-7(2)4-5-8(12)10(14,6-18)9(3,13)11(15,16)17/h4,8,18H,5-6H2,1-3H3. The van der Waals surface area contributed by atoms with Crippen molar-refractivity contribution >= 4 is 0 Å². The molecule has 0 fully saturated rings. The van der Waals surface area contributed by atoms with E-state index in [9.17, 15) is 26.3 Å². The first kappa shape index (κ1) is 17.3. The Hall–Kier alpha value is -0.720. The highest BCUT2D eigenvalue weighted by Crippen LogP contribution is 2.47. The Morgan fingerprint density at radius 3 is 1.89 bits per heavy atom. The molecule has 0 aromatic carbocycles. The van der Waals surface area contributed by atoms with Crippen LogP contribution >= 0.6 is 0 Å². The number of halogens is 6. The maximum absolute atomic E-state index is 13.9. The summed E-state index contributed by atoms with van der Waals surface area (Å²) in [7, 11) is 0. The Morgan fingerprint density at radius 1 is 1.17 bits per heavy atom. The molecule has 0 spiro atoms. The minimum Gasteiger partial charge on any atom is -0.393 e. The Labute approximate surface area is 101 Å². The Kier molecular flexibility index (Phi) is 5.28. The number of hydrogen-bond donors (Lipinski definition) is 1. The second-order valence-corrected chi connectivity index (χ2v) is 4.51. The molecule has 0 rings (SSSR count). The highest BCUT2D eigenvalue weighted by atomic mass is 19.4. The Bertz CT molecular complexity index is 305. The van der Waals surface area contributed by atoms with E-state index in [1.807, 2.05) is 0 Å². The van der Waals surface area contributed by atoms with Gasteiger partial charge in [0.05, 0.1) is 6.61 Å². The summed E-state index contributed by atoms with van der Waals surface area (Å²) in [5.41, 5.74) is -7.95. The predicted molar refractivity (Wildman–Crippen MR) is 55.4 cm³/mol. The fourth-order valence-electron chi connectivity index (χ4n) is 1.30. The third kappa shape index (κ3) is 3.18. The molecule has 0 aromatic heterocycles. The average Bonchev–Trinajstić information content (AvgIpc) is 2.22. The van der Waals surface area contributed by atoms with Crippen LogP contribution in [0.25, 0.3) is 0 Å². The van der Waals surface area contributed by atoms with E-state index in [-0.39, 0.29) is 6.92 Å². The molecule has 0 aliphatic heterocycles. The minimum absolute atomic E-state index is 0.113. The van der Waals surface area contributed by atoms with Crippen LogP contribution in [0, 0.1) is 0 Å². The molecule has 0 aliphatic carbocycles. The van der Waals surface area contributed by atoms with Gasteiger partial charge in [-0.05, 0) is 20.8 Å². The molecule has 3 unspecified atom stereocenters. The Balaban J connectivity index is 5.30. The SMILES string of the molecule is CC(C)=CCC(F)C(F)(CO)C(C)(F)C(F)(F)F. The topological polar surface area (TPSA) is 20.2 Å². The fraction of sp³-hybridized carbons (Fsp3) is 0.818. The van der Waals surface area contributed by atoms with Gasteiger partial charge in [-0.25, -0.2) is 13.2 Å². The van der Waals surface area contributed by atoms with Crippen LogP contribution in [-0.4, -0.2) is 35.4 Å². The quantitative estimate of drug-likeness (QED) is 0.601. The summed E-state index contributed by atoms with van der Waals surface area (Å²) in [6, 6.07) is 0. The van der Waals surface area contributed by atoms with Gasteiger partial charge in [0, 0.05) is 6.42 Å². The third-order valence-electron chi connectivity index (χ3n) is 2.77. The fourth-order valence-corrected chi connectivity index (χ4v) is 1.30. The number of aliphatic hydroxyl groups excluding tert-OH is 1. The second-order valence-electron chi connectivity index (χ2n) is 4.51. The van der Waals surface area contributed by atoms with Crippen LogP contribution in [0.15, 0.2) is 11.6 Å². The van der Waals surface area contributed by atoms with Crippen molar-refractivity contribution in [3.05, 3.63) is 11.6 Å². The summed E-state index contributed by atoms with van der Waals surface area (Å²) in [6.07, 6.45) is -8.01. The van der Waals surface area contributed by atoms with Crippen LogP contribution in [0.3, 0.4) is 0 Å². The molecule has 0 radical (unpaired) electrons. The normalized spacial score (nSPS) is 20.8. The molecule has 1 nitrogen and oxygen atoms in total. The lowest BCUT2D eigenvalue weighted by Gasteiger charge is -2.38. The molecule has 0 heterocycles. The van der Waals surface area contributed by atoms with E-state index in [1.165, 1.54) is 13.8 Å². The lowest BCUT2D eigenvalue weighted by atomic mass is 9.82. The summed E-state index contributed by atoms with van der Waals surface area (Å²) in [4.78, 5) is 0. The summed E-state index contributed by atoms with van der Waals surface area (Å²) in [5, 5.41) is 8.64. The minimum atomic E-state index is -5.61. The van der Waals surface area contributed by atoms with Crippen molar-refractivity contribution in [1.82, 2.24) is 0 Å². The molecule has 0 saturated heterocycles. The zero-order chi connectivity index (χ0) is 14.8. The van der Waals surface area contributed by atoms with E-state index < -0.39 is 36.7 Å². The zero-order valence-electron chi connectivity index (χ0n) is 10.3. The van der Waals surface area contributed by atoms with Crippen LogP contribution in [0.4, 0.5) is 26.3 Å². The number of rotatable bonds is 5. The highest BCUT2D eigenvalue weighted by molar-refractivity contribution is 5.09. The summed E-state index contributed by atoms with van der Waals surface area (Å²) < 4.78 is 78.0. The van der Waals surface area contributed by atoms with Crippen molar-refractivity contribution < 1.29 is 31.4 Å². The monoisotopic (exact) mass is 278 g/mol. The molecule has 18 heavy (non-hydrogen) atoms. The number of aliphatic hydroxyl groups is 1. The van der Waals surface area contributed by atoms with Crippen molar-refractivity contribution in [1.29, 1.82) is 0 Å². The first-order valence-corrected chi connectivity index (χ1v) is 5.23. The molecule has 108 valence electrons. The molecule has 3 atom stereocenters. The lowest BCUT2D eigenvalue weighted by Crippen LogP contribution is -2.62. The van der Waals surface area contributed by atoms with Gasteiger partial charge in [0.25, 0.3) is 0 Å². The van der Waals surface area contributed by atoms with E-state index in [0.29, 0.717) is 5.57 Å². The molecule has 0 aromatic rings. The number of alkyl halides is 6. The zero-order valence-corrected chi connectivity index (χ0v) is 10.3. The van der Waals surface area contributed by atoms with Gasteiger partial charge in [-0.2, -0.15) is 13.2 Å². The van der Waals surface area contributed by atoms with Crippen LogP contribution < -0.4 is 0 Å². The van der Waals surface area contributed by atoms with Gasteiger partial charge in [0.2, 0.25) is 11.3 Å². The predicted octanol–water partition coefficient (Wildman–Crippen LogP) is 3.67. The van der Waals surface area contributed by atoms with Crippen molar-refractivity contribution in [2.45, 2.75) is 50.9 Å². The maximum Gasteiger partial charge on any atom is 0.425 e. The van der Waals surface area contributed by atoms with E-state index in [0.717, 1.165) is 6.08 Å². The van der Waals surface area contributed by atoms with E-state index in [2.05, 4.69) is 0 Å². The van der Waals surface area contributed by atoms with Crippen LogP contribution in [0.5, 0.6) is 0 Å². The van der Waals surface area contributed by atoms with Crippen LogP contribution in [-0.2, 0) is 0 Å². The molecule has 0 bridgehead atoms. The van der Waals surface area contributed by atoms with E-state index in [4.69, 9.17) is 5.11 Å². The molecule has 1 N–H and O–H groups in total. The first-order valence-electron chi connectivity index (χ1n) is 5.23. The summed E-state index contributed by atoms with van der Waals surface area (Å²) in [6.45, 7) is 1.06. The third-order valence-corrected chi connectivity index (χ3v) is 2.77. The maximum atomic E-state index is 13.9. The molecular formula is C11H16F6O. The average molecular weight is 278 g/mol. The van der Waals surface area contributed by atoms with Gasteiger partial charge < -0.3 is 5.11 Å². The summed E-state index contributed by atoms with van der Waals surface area (Å²) >= 11 is 0. The van der Waals surface area contributed by atoms with Crippen molar-refractivity contribution in [2.24, 2.45) is 0 Å². The molecule has 7 heteroatoms. The van der Waals surface area contributed by atoms with Crippen molar-refractivity contribution in [2.75, 3.05) is 6.61 Å². The van der Waals surface area contributed by atoms with Crippen LogP contribution in [0.1, 0.15) is 27.2 Å². The lowest BCUT2D eigenvalue weighted by molar-refractivity contribution is -0.282. The first-order chi connectivity index (χ1) is 7.90. The highest BCUT2D eigenvalue weighted by Gasteiger charge is 2.69. The van der Waals surface area contributed by atoms with Crippen molar-refractivity contribution in [3.8, 4) is 0 Å². The van der Waals surface area contributed by atoms with E-state index >= 15 is 0 Å². The van der Waals surface area contributed by atoms with E-state index in [1.54, 1.807) is 0 Å². The smallest absolute Gasteiger partial charge is 0.393 e. The molecule has 0 aliphatic rings. The molecular weight excluding hydrogens is 262 g/mol. The number of hydrogen-bond acceptors (Lipinski definition) is 1. The van der Waals surface area contributed by atoms with Gasteiger partial charge >= 0.3 is 6.18 Å². The van der Waals surface area contributed by atoms with Gasteiger partial charge in [-0.3, -0.25) is 0 Å². The number of allylic oxidation sites excluding steroid dienone is 2. The molecule has 0 amide bonds. The summed E-state index contributed by atoms with van der Waals surface area (Å²) in [5.74, 6) is 0. The largest absolute Gasteiger partial charge is 0.425 e. The van der Waals surface area contributed by atoms with Crippen LogP contribution in [0.2, 0.25) is 0 Å².